The molecule has 110 valence electrons. The van der Waals surface area contributed by atoms with Gasteiger partial charge in [-0.2, -0.15) is 0 Å². The van der Waals surface area contributed by atoms with Crippen LogP contribution in [-0.4, -0.2) is 22.2 Å². The van der Waals surface area contributed by atoms with Gasteiger partial charge in [-0.3, -0.25) is 4.79 Å². The number of carboxylic acids is 1. The van der Waals surface area contributed by atoms with Crippen molar-refractivity contribution in [1.82, 2.24) is 0 Å². The molecule has 0 saturated heterocycles. The SMILES string of the molecule is CC(SCc1ccco1)C(=O)Nc1cccc(C(=O)O)c1. The van der Waals surface area contributed by atoms with Gasteiger partial charge in [-0.25, -0.2) is 4.79 Å². The molecule has 1 heterocycles. The van der Waals surface area contributed by atoms with Crippen molar-refractivity contribution < 1.29 is 19.1 Å². The predicted molar refractivity (Wildman–Crippen MR) is 81.5 cm³/mol. The third-order valence-corrected chi connectivity index (χ3v) is 3.97. The number of benzene rings is 1. The highest BCUT2D eigenvalue weighted by Gasteiger charge is 2.15. The van der Waals surface area contributed by atoms with Gasteiger partial charge in [-0.15, -0.1) is 11.8 Å². The van der Waals surface area contributed by atoms with Crippen LogP contribution in [0.1, 0.15) is 23.0 Å². The number of thioether (sulfide) groups is 1. The second-order valence-corrected chi connectivity index (χ2v) is 5.74. The van der Waals surface area contributed by atoms with Gasteiger partial charge in [0.05, 0.1) is 22.8 Å². The van der Waals surface area contributed by atoms with Crippen LogP contribution in [0.25, 0.3) is 0 Å². The van der Waals surface area contributed by atoms with Crippen LogP contribution >= 0.6 is 11.8 Å². The Morgan fingerprint density at radius 1 is 1.33 bits per heavy atom. The first kappa shape index (κ1) is 15.2. The molecule has 1 atom stereocenters. The maximum atomic E-state index is 12.0. The lowest BCUT2D eigenvalue weighted by molar-refractivity contribution is -0.115. The summed E-state index contributed by atoms with van der Waals surface area (Å²) in [4.78, 5) is 22.9. The van der Waals surface area contributed by atoms with Gasteiger partial charge in [-0.1, -0.05) is 6.07 Å². The summed E-state index contributed by atoms with van der Waals surface area (Å²) in [7, 11) is 0. The van der Waals surface area contributed by atoms with Crippen LogP contribution in [0.15, 0.2) is 47.1 Å². The van der Waals surface area contributed by atoms with Crippen molar-refractivity contribution in [2.75, 3.05) is 5.32 Å². The minimum absolute atomic E-state index is 0.142. The van der Waals surface area contributed by atoms with E-state index in [9.17, 15) is 9.59 Å². The summed E-state index contributed by atoms with van der Waals surface area (Å²) in [6.07, 6.45) is 1.60. The van der Waals surface area contributed by atoms with Crippen molar-refractivity contribution in [2.24, 2.45) is 0 Å². The molecular formula is C15H15NO4S. The smallest absolute Gasteiger partial charge is 0.335 e. The van der Waals surface area contributed by atoms with E-state index in [0.29, 0.717) is 11.4 Å². The minimum atomic E-state index is -1.02. The zero-order chi connectivity index (χ0) is 15.2. The Morgan fingerprint density at radius 3 is 2.81 bits per heavy atom. The van der Waals surface area contributed by atoms with E-state index in [4.69, 9.17) is 9.52 Å². The fourth-order valence-electron chi connectivity index (χ4n) is 1.65. The lowest BCUT2D eigenvalue weighted by atomic mass is 10.2. The molecule has 21 heavy (non-hydrogen) atoms. The zero-order valence-corrected chi connectivity index (χ0v) is 12.2. The number of carboxylic acid groups (broad SMARTS) is 1. The number of aromatic carboxylic acids is 1. The topological polar surface area (TPSA) is 79.5 Å². The van der Waals surface area contributed by atoms with Gasteiger partial charge >= 0.3 is 5.97 Å². The molecule has 6 heteroatoms. The molecule has 0 spiro atoms. The van der Waals surface area contributed by atoms with Crippen LogP contribution < -0.4 is 5.32 Å². The first-order chi connectivity index (χ1) is 10.1. The number of hydrogen-bond donors (Lipinski definition) is 2. The molecule has 1 amide bonds. The minimum Gasteiger partial charge on any atom is -0.478 e. The van der Waals surface area contributed by atoms with Gasteiger partial charge in [0, 0.05) is 5.69 Å². The molecule has 1 aromatic heterocycles. The Hall–Kier alpha value is -2.21. The van der Waals surface area contributed by atoms with E-state index in [2.05, 4.69) is 5.32 Å². The highest BCUT2D eigenvalue weighted by atomic mass is 32.2. The van der Waals surface area contributed by atoms with Crippen molar-refractivity contribution in [3.8, 4) is 0 Å². The summed E-state index contributed by atoms with van der Waals surface area (Å²) in [5, 5.41) is 11.4. The summed E-state index contributed by atoms with van der Waals surface area (Å²) in [5.41, 5.74) is 0.619. The molecule has 0 bridgehead atoms. The highest BCUT2D eigenvalue weighted by molar-refractivity contribution is 7.99. The van der Waals surface area contributed by atoms with E-state index in [1.165, 1.54) is 23.9 Å². The third kappa shape index (κ3) is 4.39. The van der Waals surface area contributed by atoms with Gasteiger partial charge in [-0.05, 0) is 37.3 Å². The molecule has 0 radical (unpaired) electrons. The lowest BCUT2D eigenvalue weighted by Gasteiger charge is -2.11. The van der Waals surface area contributed by atoms with E-state index in [1.807, 2.05) is 6.07 Å². The van der Waals surface area contributed by atoms with Crippen LogP contribution in [-0.2, 0) is 10.5 Å². The Labute approximate surface area is 126 Å². The first-order valence-corrected chi connectivity index (χ1v) is 7.39. The molecule has 5 nitrogen and oxygen atoms in total. The number of rotatable bonds is 6. The van der Waals surface area contributed by atoms with Crippen molar-refractivity contribution >= 4 is 29.3 Å². The number of carbonyl (C=O) groups excluding carboxylic acids is 1. The monoisotopic (exact) mass is 305 g/mol. The molecule has 1 aromatic carbocycles. The van der Waals surface area contributed by atoms with E-state index in [1.54, 1.807) is 31.4 Å². The van der Waals surface area contributed by atoms with Crippen LogP contribution in [0.2, 0.25) is 0 Å². The van der Waals surface area contributed by atoms with Crippen LogP contribution in [0.4, 0.5) is 5.69 Å². The average Bonchev–Trinajstić information content (AvgIpc) is 2.98. The second kappa shape index (κ2) is 6.99. The maximum Gasteiger partial charge on any atom is 0.335 e. The fourth-order valence-corrected chi connectivity index (χ4v) is 2.44. The molecular weight excluding hydrogens is 290 g/mol. The van der Waals surface area contributed by atoms with E-state index < -0.39 is 5.97 Å². The van der Waals surface area contributed by atoms with Crippen LogP contribution in [0.5, 0.6) is 0 Å². The largest absolute Gasteiger partial charge is 0.478 e. The zero-order valence-electron chi connectivity index (χ0n) is 11.4. The average molecular weight is 305 g/mol. The van der Waals surface area contributed by atoms with Crippen molar-refractivity contribution in [1.29, 1.82) is 0 Å². The van der Waals surface area contributed by atoms with E-state index in [0.717, 1.165) is 5.76 Å². The van der Waals surface area contributed by atoms with Gasteiger partial charge in [0.15, 0.2) is 0 Å². The maximum absolute atomic E-state index is 12.0. The molecule has 0 fully saturated rings. The van der Waals surface area contributed by atoms with Gasteiger partial charge in [0.2, 0.25) is 5.91 Å². The lowest BCUT2D eigenvalue weighted by Crippen LogP contribution is -2.22. The van der Waals surface area contributed by atoms with E-state index in [-0.39, 0.29) is 16.7 Å². The van der Waals surface area contributed by atoms with Gasteiger partial charge < -0.3 is 14.8 Å². The molecule has 0 aliphatic carbocycles. The Kier molecular flexibility index (Phi) is 5.05. The molecule has 2 N–H and O–H groups in total. The summed E-state index contributed by atoms with van der Waals surface area (Å²) in [5.74, 6) is 0.226. The fraction of sp³-hybridized carbons (Fsp3) is 0.200. The highest BCUT2D eigenvalue weighted by Crippen LogP contribution is 2.20. The number of carbonyl (C=O) groups is 2. The molecule has 0 aliphatic rings. The summed E-state index contributed by atoms with van der Waals surface area (Å²) in [6.45, 7) is 1.80. The van der Waals surface area contributed by atoms with Crippen LogP contribution in [0.3, 0.4) is 0 Å². The summed E-state index contributed by atoms with van der Waals surface area (Å²) in [6, 6.07) is 9.83. The van der Waals surface area contributed by atoms with Crippen LogP contribution in [0, 0.1) is 0 Å². The quantitative estimate of drug-likeness (QED) is 0.856. The Morgan fingerprint density at radius 2 is 2.14 bits per heavy atom. The summed E-state index contributed by atoms with van der Waals surface area (Å²) < 4.78 is 5.21. The van der Waals surface area contributed by atoms with Crippen molar-refractivity contribution in [3.05, 3.63) is 54.0 Å². The number of amides is 1. The first-order valence-electron chi connectivity index (χ1n) is 6.34. The van der Waals surface area contributed by atoms with Crippen molar-refractivity contribution in [2.45, 2.75) is 17.9 Å². The molecule has 2 rings (SSSR count). The van der Waals surface area contributed by atoms with Gasteiger partial charge in [0.25, 0.3) is 0 Å². The molecule has 1 unspecified atom stereocenters. The standard InChI is InChI=1S/C15H15NO4S/c1-10(21-9-13-6-3-7-20-13)14(17)16-12-5-2-4-11(8-12)15(18)19/h2-8,10H,9H2,1H3,(H,16,17)(H,18,19). The molecule has 0 saturated carbocycles. The summed E-state index contributed by atoms with van der Waals surface area (Å²) >= 11 is 1.45. The molecule has 0 aliphatic heterocycles. The second-order valence-electron chi connectivity index (χ2n) is 4.41. The predicted octanol–water partition coefficient (Wildman–Crippen LogP) is 3.24. The van der Waals surface area contributed by atoms with Crippen molar-refractivity contribution in [3.63, 3.8) is 0 Å². The normalized spacial score (nSPS) is 11.9. The Balaban J connectivity index is 1.91. The number of hydrogen-bond acceptors (Lipinski definition) is 4. The number of nitrogens with one attached hydrogen (secondary N) is 1. The Bertz CT molecular complexity index is 624. The molecule has 2 aromatic rings. The number of anilines is 1. The van der Waals surface area contributed by atoms with E-state index >= 15 is 0 Å². The third-order valence-electron chi connectivity index (χ3n) is 2.80. The van der Waals surface area contributed by atoms with Gasteiger partial charge in [0.1, 0.15) is 5.76 Å². The number of furan rings is 1.